The molecule has 2 aromatic heterocycles. The van der Waals surface area contributed by atoms with Crippen molar-refractivity contribution in [2.75, 3.05) is 5.32 Å². The lowest BCUT2D eigenvalue weighted by molar-refractivity contribution is -0.122. The average molecular weight is 486 g/mol. The van der Waals surface area contributed by atoms with Crippen LogP contribution in [-0.2, 0) is 4.79 Å². The summed E-state index contributed by atoms with van der Waals surface area (Å²) in [5.41, 5.74) is 1.85. The molecule has 3 N–H and O–H groups in total. The van der Waals surface area contributed by atoms with Crippen LogP contribution >= 0.6 is 0 Å². The fraction of sp³-hybridized carbons (Fsp3) is 0.462. The first-order chi connectivity index (χ1) is 17.0. The van der Waals surface area contributed by atoms with Crippen LogP contribution in [0.5, 0.6) is 0 Å². The van der Waals surface area contributed by atoms with Gasteiger partial charge in [-0.1, -0.05) is 40.5 Å². The van der Waals surface area contributed by atoms with E-state index in [-0.39, 0.29) is 18.1 Å². The van der Waals surface area contributed by atoms with Crippen molar-refractivity contribution in [2.45, 2.75) is 65.8 Å². The molecule has 3 aliphatic carbocycles. The number of aromatic amines is 1. The molecule has 2 heterocycles. The smallest absolute Gasteiger partial charge is 0.290 e. The topological polar surface area (TPSA) is 115 Å². The Morgan fingerprint density at radius 2 is 1.80 bits per heavy atom. The quantitative estimate of drug-likeness (QED) is 0.364. The lowest BCUT2D eigenvalue weighted by atomic mass is 9.68. The third-order valence-electron chi connectivity index (χ3n) is 6.26. The first kappa shape index (κ1) is 27.7. The van der Waals surface area contributed by atoms with Gasteiger partial charge in [0.05, 0.1) is 29.2 Å². The number of pyridine rings is 1. The molecule has 7 nitrogen and oxygen atoms in total. The number of aromatic nitrogens is 3. The van der Waals surface area contributed by atoms with E-state index >= 15 is 0 Å². The molecule has 1 unspecified atom stereocenters. The number of hydrogen-bond acceptors (Lipinski definition) is 5. The number of carboxylic acid groups (broad SMARTS) is 1. The molecule has 35 heavy (non-hydrogen) atoms. The Kier molecular flexibility index (Phi) is 10.6. The fourth-order valence-electron chi connectivity index (χ4n) is 4.82. The second-order valence-electron chi connectivity index (χ2n) is 7.99. The van der Waals surface area contributed by atoms with Gasteiger partial charge in [-0.15, -0.1) is 0 Å². The maximum Gasteiger partial charge on any atom is 0.290 e. The summed E-state index contributed by atoms with van der Waals surface area (Å²) in [6, 6.07) is 6.47. The van der Waals surface area contributed by atoms with Crippen LogP contribution in [0.3, 0.4) is 0 Å². The third-order valence-corrected chi connectivity index (χ3v) is 6.26. The summed E-state index contributed by atoms with van der Waals surface area (Å²) in [5, 5.41) is 27.2. The van der Waals surface area contributed by atoms with E-state index in [2.05, 4.69) is 20.5 Å². The molecule has 1 atom stereocenters. The number of benzene rings is 1. The van der Waals surface area contributed by atoms with E-state index in [0.717, 1.165) is 12.6 Å². The number of rotatable bonds is 3. The standard InChI is InChI=1S/C21H19F2N5.2C2H6.CH2O2/c22-14-7-16-20(27-28-21(16)25-10-14)15-8-19(17(23)6-13(15)9-24)26-18-5-11-1-3-12(18)4-2-11;2*1-2;2-1-3/h6-8,10-12,18,26H,1-5H2,(H,25,27,28);2*1-2H3;1H,(H,2,3). The monoisotopic (exact) mass is 485 g/mol. The highest BCUT2D eigenvalue weighted by molar-refractivity contribution is 5.93. The number of carbonyl (C=O) groups is 1. The molecule has 0 saturated heterocycles. The van der Waals surface area contributed by atoms with Crippen molar-refractivity contribution >= 4 is 23.2 Å². The zero-order valence-corrected chi connectivity index (χ0v) is 20.6. The van der Waals surface area contributed by atoms with E-state index in [0.29, 0.717) is 39.8 Å². The SMILES string of the molecule is CC.CC.N#Cc1cc(F)c(NC2CC3CCC2CC3)cc1-c1[nH]nc2ncc(F)cc12.O=CO. The van der Waals surface area contributed by atoms with E-state index in [1.54, 1.807) is 6.07 Å². The van der Waals surface area contributed by atoms with Gasteiger partial charge in [0, 0.05) is 17.0 Å². The minimum Gasteiger partial charge on any atom is -0.483 e. The Morgan fingerprint density at radius 3 is 2.37 bits per heavy atom. The third kappa shape index (κ3) is 6.32. The molecule has 9 heteroatoms. The van der Waals surface area contributed by atoms with E-state index < -0.39 is 11.6 Å². The second-order valence-corrected chi connectivity index (χ2v) is 7.99. The van der Waals surface area contributed by atoms with Gasteiger partial charge in [0.1, 0.15) is 11.6 Å². The van der Waals surface area contributed by atoms with Crippen LogP contribution in [0.15, 0.2) is 24.4 Å². The summed E-state index contributed by atoms with van der Waals surface area (Å²) in [7, 11) is 0. The number of nitriles is 1. The van der Waals surface area contributed by atoms with Crippen LogP contribution in [-0.4, -0.2) is 32.8 Å². The zero-order chi connectivity index (χ0) is 26.0. The lowest BCUT2D eigenvalue weighted by Crippen LogP contribution is -2.40. The van der Waals surface area contributed by atoms with Gasteiger partial charge >= 0.3 is 0 Å². The van der Waals surface area contributed by atoms with Crippen molar-refractivity contribution in [3.8, 4) is 17.3 Å². The molecular formula is C26H33F2N5O2. The van der Waals surface area contributed by atoms with Gasteiger partial charge in [-0.2, -0.15) is 10.4 Å². The molecule has 2 bridgehead atoms. The van der Waals surface area contributed by atoms with Gasteiger partial charge in [0.25, 0.3) is 6.47 Å². The Balaban J connectivity index is 0.000000563. The highest BCUT2D eigenvalue weighted by atomic mass is 19.1. The lowest BCUT2D eigenvalue weighted by Gasteiger charge is -2.43. The fourth-order valence-corrected chi connectivity index (χ4v) is 4.82. The number of nitrogens with one attached hydrogen (secondary N) is 2. The summed E-state index contributed by atoms with van der Waals surface area (Å²) in [4.78, 5) is 12.3. The van der Waals surface area contributed by atoms with Crippen molar-refractivity contribution in [2.24, 2.45) is 11.8 Å². The Bertz CT molecular complexity index is 1150. The van der Waals surface area contributed by atoms with Crippen LogP contribution in [0.2, 0.25) is 0 Å². The van der Waals surface area contributed by atoms with Gasteiger partial charge in [-0.3, -0.25) is 9.89 Å². The maximum atomic E-state index is 14.7. The van der Waals surface area contributed by atoms with Gasteiger partial charge in [0.15, 0.2) is 5.65 Å². The summed E-state index contributed by atoms with van der Waals surface area (Å²) >= 11 is 0. The van der Waals surface area contributed by atoms with Crippen molar-refractivity contribution in [3.63, 3.8) is 0 Å². The largest absolute Gasteiger partial charge is 0.483 e. The second kappa shape index (κ2) is 13.4. The molecule has 6 rings (SSSR count). The van der Waals surface area contributed by atoms with E-state index in [4.69, 9.17) is 9.90 Å². The van der Waals surface area contributed by atoms with Gasteiger partial charge < -0.3 is 10.4 Å². The summed E-state index contributed by atoms with van der Waals surface area (Å²) in [6.07, 6.45) is 7.05. The maximum absolute atomic E-state index is 14.7. The molecule has 3 aromatic rings. The predicted octanol–water partition coefficient (Wildman–Crippen LogP) is 6.52. The molecule has 3 fully saturated rings. The minimum atomic E-state index is -0.493. The first-order valence-electron chi connectivity index (χ1n) is 12.1. The van der Waals surface area contributed by atoms with Crippen LogP contribution in [0.25, 0.3) is 22.3 Å². The number of H-pyrrole nitrogens is 1. The Morgan fingerprint density at radius 1 is 1.14 bits per heavy atom. The van der Waals surface area contributed by atoms with Crippen molar-refractivity contribution < 1.29 is 18.7 Å². The number of nitrogens with zero attached hydrogens (tertiary/aromatic N) is 3. The Labute approximate surface area is 204 Å². The summed E-state index contributed by atoms with van der Waals surface area (Å²) < 4.78 is 28.4. The molecule has 0 radical (unpaired) electrons. The number of fused-ring (bicyclic) bond motifs is 4. The molecular weight excluding hydrogens is 452 g/mol. The van der Waals surface area contributed by atoms with Gasteiger partial charge in [0.2, 0.25) is 0 Å². The number of halogens is 2. The van der Waals surface area contributed by atoms with Crippen LogP contribution in [0.4, 0.5) is 14.5 Å². The molecule has 0 amide bonds. The Hall–Kier alpha value is -3.54. The molecule has 188 valence electrons. The highest BCUT2D eigenvalue weighted by Crippen LogP contribution is 2.43. The summed E-state index contributed by atoms with van der Waals surface area (Å²) in [5.74, 6) is 0.339. The molecule has 3 aliphatic rings. The van der Waals surface area contributed by atoms with Gasteiger partial charge in [-0.25, -0.2) is 13.8 Å². The minimum absolute atomic E-state index is 0.169. The van der Waals surface area contributed by atoms with Gasteiger partial charge in [-0.05, 0) is 49.3 Å². The number of hydrogen-bond donors (Lipinski definition) is 3. The molecule has 0 spiro atoms. The summed E-state index contributed by atoms with van der Waals surface area (Å²) in [6.45, 7) is 7.75. The van der Waals surface area contributed by atoms with E-state index in [9.17, 15) is 14.0 Å². The zero-order valence-electron chi connectivity index (χ0n) is 20.6. The van der Waals surface area contributed by atoms with Crippen molar-refractivity contribution in [1.82, 2.24) is 15.2 Å². The van der Waals surface area contributed by atoms with Crippen molar-refractivity contribution in [1.29, 1.82) is 5.26 Å². The molecule has 0 aliphatic heterocycles. The normalized spacial score (nSPS) is 19.6. The van der Waals surface area contributed by atoms with Crippen LogP contribution in [0.1, 0.15) is 65.4 Å². The highest BCUT2D eigenvalue weighted by Gasteiger charge is 2.35. The molecule has 3 saturated carbocycles. The van der Waals surface area contributed by atoms with E-state index in [1.807, 2.05) is 33.8 Å². The first-order valence-corrected chi connectivity index (χ1v) is 12.1. The van der Waals surface area contributed by atoms with E-state index in [1.165, 1.54) is 37.8 Å². The van der Waals surface area contributed by atoms with Crippen LogP contribution in [0, 0.1) is 34.8 Å². The number of anilines is 1. The van der Waals surface area contributed by atoms with Crippen LogP contribution < -0.4 is 5.32 Å². The average Bonchev–Trinajstić information content (AvgIpc) is 3.31. The van der Waals surface area contributed by atoms with Crippen molar-refractivity contribution in [3.05, 3.63) is 41.6 Å². The molecule has 1 aromatic carbocycles. The predicted molar refractivity (Wildman–Crippen MR) is 133 cm³/mol.